The van der Waals surface area contributed by atoms with Crippen molar-refractivity contribution in [2.24, 2.45) is 0 Å². The van der Waals surface area contributed by atoms with Gasteiger partial charge in [0.05, 0.1) is 4.91 Å². The molecule has 4 rings (SSSR count). The van der Waals surface area contributed by atoms with E-state index in [0.717, 1.165) is 17.7 Å². The molecule has 2 heterocycles. The van der Waals surface area contributed by atoms with Gasteiger partial charge in [-0.05, 0) is 49.2 Å². The van der Waals surface area contributed by atoms with Crippen LogP contribution in [0.15, 0.2) is 71.9 Å². The molecule has 226 valence electrons. The fourth-order valence-electron chi connectivity index (χ4n) is 4.74. The molecule has 2 aliphatic rings. The molecule has 0 saturated carbocycles. The van der Waals surface area contributed by atoms with E-state index >= 15 is 0 Å². The van der Waals surface area contributed by atoms with E-state index < -0.39 is 45.6 Å². The number of hydrogen-bond donors (Lipinski definition) is 0. The third-order valence-electron chi connectivity index (χ3n) is 7.06. The van der Waals surface area contributed by atoms with Crippen LogP contribution in [0, 0.1) is 0 Å². The van der Waals surface area contributed by atoms with Crippen molar-refractivity contribution in [1.29, 1.82) is 0 Å². The van der Waals surface area contributed by atoms with Gasteiger partial charge in [-0.15, -0.1) is 0 Å². The lowest BCUT2D eigenvalue weighted by Crippen LogP contribution is -2.56. The number of halogens is 6. The summed E-state index contributed by atoms with van der Waals surface area (Å²) in [6.07, 6.45) is -2.34. The van der Waals surface area contributed by atoms with Gasteiger partial charge in [0.2, 0.25) is 15.6 Å². The first-order valence-electron chi connectivity index (χ1n) is 12.6. The van der Waals surface area contributed by atoms with Crippen LogP contribution in [-0.2, 0) is 31.6 Å². The molecule has 0 radical (unpaired) electrons. The third-order valence-corrected chi connectivity index (χ3v) is 9.53. The number of rotatable bonds is 7. The highest BCUT2D eigenvalue weighted by molar-refractivity contribution is 7.96. The number of sulfonamides is 1. The number of hydrogen-bond acceptors (Lipinski definition) is 7. The number of alkyl halides is 6. The Morgan fingerprint density at radius 1 is 1.05 bits per heavy atom. The molecule has 1 saturated heterocycles. The number of piperazine rings is 1. The average Bonchev–Trinajstić information content (AvgIpc) is 2.92. The zero-order chi connectivity index (χ0) is 30.9. The SMILES string of the molecule is C[C@@](OC(=O)C(F)(F)F)(c1ccc(N2CCN(S(=O)(=O)C3=CC=CCC3=S)C[C@H]2Cc2ccncc2)cc1)C(F)(F)F. The molecule has 2 aromatic rings. The van der Waals surface area contributed by atoms with Crippen molar-refractivity contribution in [2.45, 2.75) is 43.8 Å². The lowest BCUT2D eigenvalue weighted by Gasteiger charge is -2.43. The zero-order valence-corrected chi connectivity index (χ0v) is 23.7. The van der Waals surface area contributed by atoms with Gasteiger partial charge in [-0.2, -0.15) is 30.6 Å². The lowest BCUT2D eigenvalue weighted by atomic mass is 9.94. The van der Waals surface area contributed by atoms with Crippen LogP contribution in [0.25, 0.3) is 0 Å². The number of pyridine rings is 1. The highest BCUT2D eigenvalue weighted by Crippen LogP contribution is 2.44. The first-order valence-corrected chi connectivity index (χ1v) is 14.4. The summed E-state index contributed by atoms with van der Waals surface area (Å²) >= 11 is 5.28. The molecule has 0 amide bonds. The van der Waals surface area contributed by atoms with E-state index in [2.05, 4.69) is 9.72 Å². The van der Waals surface area contributed by atoms with Gasteiger partial charge in [0.1, 0.15) is 0 Å². The zero-order valence-electron chi connectivity index (χ0n) is 22.0. The molecule has 0 spiro atoms. The van der Waals surface area contributed by atoms with Crippen LogP contribution in [0.3, 0.4) is 0 Å². The smallest absolute Gasteiger partial charge is 0.438 e. The average molecular weight is 634 g/mol. The second kappa shape index (κ2) is 11.8. The molecule has 15 heteroatoms. The first-order chi connectivity index (χ1) is 19.5. The molecule has 7 nitrogen and oxygen atoms in total. The largest absolute Gasteiger partial charge is 0.490 e. The number of carbonyl (C=O) groups is 1. The number of allylic oxidation sites excluding steroid dienone is 4. The number of nitrogens with zero attached hydrogens (tertiary/aromatic N) is 3. The van der Waals surface area contributed by atoms with Crippen molar-refractivity contribution >= 4 is 38.8 Å². The summed E-state index contributed by atoms with van der Waals surface area (Å²) in [5, 5.41) is 0. The number of thiocarbonyl (C=S) groups is 1. The van der Waals surface area contributed by atoms with Crippen LogP contribution in [-0.4, -0.2) is 66.6 Å². The highest BCUT2D eigenvalue weighted by Gasteiger charge is 2.59. The number of carbonyl (C=O) groups excluding carboxylic acids is 1. The molecule has 2 atom stereocenters. The number of ether oxygens (including phenoxy) is 1. The molecule has 42 heavy (non-hydrogen) atoms. The summed E-state index contributed by atoms with van der Waals surface area (Å²) in [7, 11) is -3.93. The van der Waals surface area contributed by atoms with Crippen LogP contribution >= 0.6 is 12.2 Å². The van der Waals surface area contributed by atoms with Gasteiger partial charge in [-0.25, -0.2) is 13.2 Å². The molecule has 1 aromatic carbocycles. The normalized spacial score (nSPS) is 20.2. The summed E-state index contributed by atoms with van der Waals surface area (Å²) < 4.78 is 112. The number of esters is 1. The predicted molar refractivity (Wildman–Crippen MR) is 146 cm³/mol. The Kier molecular flexibility index (Phi) is 8.86. The Balaban J connectivity index is 1.65. The molecule has 0 N–H and O–H groups in total. The minimum absolute atomic E-state index is 0.0273. The highest BCUT2D eigenvalue weighted by atomic mass is 32.2. The van der Waals surface area contributed by atoms with Crippen molar-refractivity contribution in [1.82, 2.24) is 9.29 Å². The Bertz CT molecular complexity index is 1490. The second-order valence-corrected chi connectivity index (χ2v) is 12.2. The number of anilines is 1. The fraction of sp³-hybridized carbons (Fsp3) is 0.370. The van der Waals surface area contributed by atoms with Gasteiger partial charge in [-0.1, -0.05) is 36.5 Å². The van der Waals surface area contributed by atoms with Gasteiger partial charge >= 0.3 is 18.3 Å². The summed E-state index contributed by atoms with van der Waals surface area (Å²) in [5.74, 6) is -2.97. The van der Waals surface area contributed by atoms with Gasteiger partial charge in [0.15, 0.2) is 0 Å². The van der Waals surface area contributed by atoms with Gasteiger partial charge < -0.3 is 9.64 Å². The molecule has 1 fully saturated rings. The minimum atomic E-state index is -5.62. The molecule has 1 aliphatic heterocycles. The van der Waals surface area contributed by atoms with E-state index in [9.17, 15) is 39.6 Å². The van der Waals surface area contributed by atoms with Crippen LogP contribution in [0.1, 0.15) is 24.5 Å². The van der Waals surface area contributed by atoms with Crippen molar-refractivity contribution in [3.8, 4) is 0 Å². The minimum Gasteiger partial charge on any atom is -0.438 e. The molecular formula is C27H25F6N3O4S2. The summed E-state index contributed by atoms with van der Waals surface area (Å²) in [6, 6.07) is 7.45. The van der Waals surface area contributed by atoms with Crippen LogP contribution in [0.2, 0.25) is 0 Å². The molecule has 0 bridgehead atoms. The molecule has 1 aliphatic carbocycles. The summed E-state index contributed by atoms with van der Waals surface area (Å²) in [5.41, 5.74) is -3.05. The topological polar surface area (TPSA) is 79.8 Å². The van der Waals surface area contributed by atoms with E-state index in [1.165, 1.54) is 22.5 Å². The van der Waals surface area contributed by atoms with Crippen molar-refractivity contribution in [3.63, 3.8) is 0 Å². The summed E-state index contributed by atoms with van der Waals surface area (Å²) in [6.45, 7) is 0.578. The van der Waals surface area contributed by atoms with Gasteiger partial charge in [0, 0.05) is 60.6 Å². The Hall–Kier alpha value is -3.30. The monoisotopic (exact) mass is 633 g/mol. The van der Waals surface area contributed by atoms with Gasteiger partial charge in [-0.3, -0.25) is 4.98 Å². The maximum atomic E-state index is 13.9. The maximum Gasteiger partial charge on any atom is 0.490 e. The van der Waals surface area contributed by atoms with Crippen LogP contribution in [0.4, 0.5) is 32.0 Å². The fourth-order valence-corrected chi connectivity index (χ4v) is 6.81. The summed E-state index contributed by atoms with van der Waals surface area (Å²) in [4.78, 5) is 17.5. The van der Waals surface area contributed by atoms with E-state index in [-0.39, 0.29) is 24.5 Å². The van der Waals surface area contributed by atoms with Crippen molar-refractivity contribution in [2.75, 3.05) is 24.5 Å². The van der Waals surface area contributed by atoms with Crippen LogP contribution in [0.5, 0.6) is 0 Å². The Morgan fingerprint density at radius 3 is 2.26 bits per heavy atom. The third kappa shape index (κ3) is 6.52. The Labute approximate surface area is 243 Å². The number of aromatic nitrogens is 1. The molecule has 1 aromatic heterocycles. The van der Waals surface area contributed by atoms with E-state index in [1.54, 1.807) is 36.7 Å². The standard InChI is InChI=1S/C27H25F6N3O4S2/c1-25(27(31,32)33,40-24(37)26(28,29)30)19-6-8-20(9-7-19)36-15-14-35(17-21(36)16-18-10-12-34-13-11-18)42(38,39)23-5-3-2-4-22(23)41/h2-3,5-13,21H,4,14-17H2,1H3/t21-,25-/m1/s1. The van der Waals surface area contributed by atoms with E-state index in [1.807, 2.05) is 4.90 Å². The maximum absolute atomic E-state index is 13.9. The van der Waals surface area contributed by atoms with E-state index in [0.29, 0.717) is 30.3 Å². The number of benzene rings is 1. The Morgan fingerprint density at radius 2 is 1.69 bits per heavy atom. The molecule has 0 unspecified atom stereocenters. The second-order valence-electron chi connectivity index (χ2n) is 9.82. The van der Waals surface area contributed by atoms with Crippen molar-refractivity contribution in [3.05, 3.63) is 83.1 Å². The van der Waals surface area contributed by atoms with Crippen LogP contribution < -0.4 is 4.90 Å². The first kappa shape index (κ1) is 31.6. The van der Waals surface area contributed by atoms with E-state index in [4.69, 9.17) is 12.2 Å². The lowest BCUT2D eigenvalue weighted by molar-refractivity contribution is -0.285. The predicted octanol–water partition coefficient (Wildman–Crippen LogP) is 5.24. The quantitative estimate of drug-likeness (QED) is 0.235. The molecular weight excluding hydrogens is 608 g/mol. The van der Waals surface area contributed by atoms with Crippen molar-refractivity contribution < 1.29 is 44.3 Å². The van der Waals surface area contributed by atoms with Gasteiger partial charge in [0.25, 0.3) is 0 Å².